The van der Waals surface area contributed by atoms with Crippen molar-refractivity contribution in [3.8, 4) is 5.75 Å². The molecule has 154 valence electrons. The molecule has 2 N–H and O–H groups in total. The van der Waals surface area contributed by atoms with E-state index in [4.69, 9.17) is 4.74 Å². The van der Waals surface area contributed by atoms with Gasteiger partial charge in [0.25, 0.3) is 0 Å². The smallest absolute Gasteiger partial charge is 0.353 e. The van der Waals surface area contributed by atoms with E-state index < -0.39 is 10.9 Å². The summed E-state index contributed by atoms with van der Waals surface area (Å²) in [5, 5.41) is 17.5. The van der Waals surface area contributed by atoms with E-state index in [2.05, 4.69) is 25.3 Å². The van der Waals surface area contributed by atoms with Crippen LogP contribution in [0.3, 0.4) is 0 Å². The van der Waals surface area contributed by atoms with Crippen molar-refractivity contribution in [2.24, 2.45) is 0 Å². The average Bonchev–Trinajstić information content (AvgIpc) is 2.77. The van der Waals surface area contributed by atoms with Gasteiger partial charge in [0, 0.05) is 12.2 Å². The van der Waals surface area contributed by atoms with Crippen LogP contribution in [0, 0.1) is 10.1 Å². The lowest BCUT2D eigenvalue weighted by Gasteiger charge is -2.11. The molecule has 3 aromatic rings. The van der Waals surface area contributed by atoms with Crippen LogP contribution >= 0.6 is 0 Å². The summed E-state index contributed by atoms with van der Waals surface area (Å²) in [4.78, 5) is 30.7. The number of benzene rings is 2. The Morgan fingerprint density at radius 2 is 1.70 bits per heavy atom. The van der Waals surface area contributed by atoms with Crippen LogP contribution in [0.4, 0.5) is 23.0 Å². The molecule has 0 aliphatic rings. The minimum absolute atomic E-state index is 0.0260. The van der Waals surface area contributed by atoms with Gasteiger partial charge in [-0.15, -0.1) is 0 Å². The maximum Gasteiger partial charge on any atom is 0.353 e. The van der Waals surface area contributed by atoms with E-state index >= 15 is 0 Å². The summed E-state index contributed by atoms with van der Waals surface area (Å²) in [7, 11) is 2.87. The zero-order chi connectivity index (χ0) is 21.5. The number of ether oxygens (including phenoxy) is 2. The molecule has 0 saturated carbocycles. The molecule has 0 spiro atoms. The van der Waals surface area contributed by atoms with Crippen molar-refractivity contribution >= 4 is 29.0 Å². The normalized spacial score (nSPS) is 10.2. The fourth-order valence-corrected chi connectivity index (χ4v) is 2.65. The summed E-state index contributed by atoms with van der Waals surface area (Å²) in [6.07, 6.45) is 1.23. The Kier molecular flexibility index (Phi) is 6.38. The highest BCUT2D eigenvalue weighted by atomic mass is 16.6. The first-order valence-corrected chi connectivity index (χ1v) is 8.83. The number of anilines is 3. The number of carbonyl (C=O) groups is 1. The first-order valence-electron chi connectivity index (χ1n) is 8.83. The summed E-state index contributed by atoms with van der Waals surface area (Å²) < 4.78 is 9.77. The second-order valence-electron chi connectivity index (χ2n) is 6.07. The van der Waals surface area contributed by atoms with Crippen molar-refractivity contribution in [1.29, 1.82) is 0 Å². The molecule has 0 aliphatic heterocycles. The first kappa shape index (κ1) is 20.5. The number of nitro groups is 1. The second kappa shape index (κ2) is 9.32. The monoisotopic (exact) mass is 409 g/mol. The number of hydrogen-bond acceptors (Lipinski definition) is 9. The number of aromatic nitrogens is 2. The van der Waals surface area contributed by atoms with Crippen LogP contribution in [-0.2, 0) is 11.3 Å². The molecule has 30 heavy (non-hydrogen) atoms. The van der Waals surface area contributed by atoms with E-state index in [1.807, 2.05) is 12.1 Å². The van der Waals surface area contributed by atoms with Crippen molar-refractivity contribution in [1.82, 2.24) is 9.97 Å². The summed E-state index contributed by atoms with van der Waals surface area (Å²) >= 11 is 0. The Balaban J connectivity index is 1.80. The van der Waals surface area contributed by atoms with Crippen LogP contribution < -0.4 is 15.4 Å². The van der Waals surface area contributed by atoms with Crippen molar-refractivity contribution < 1.29 is 19.2 Å². The summed E-state index contributed by atoms with van der Waals surface area (Å²) in [5.74, 6) is 0.355. The third-order valence-corrected chi connectivity index (χ3v) is 4.19. The zero-order valence-corrected chi connectivity index (χ0v) is 16.3. The number of rotatable bonds is 8. The van der Waals surface area contributed by atoms with E-state index in [9.17, 15) is 14.9 Å². The molecule has 0 saturated heterocycles. The van der Waals surface area contributed by atoms with Gasteiger partial charge < -0.3 is 20.1 Å². The molecular formula is C20H19N5O5. The van der Waals surface area contributed by atoms with E-state index in [-0.39, 0.29) is 17.3 Å². The van der Waals surface area contributed by atoms with Gasteiger partial charge in [-0.05, 0) is 42.0 Å². The van der Waals surface area contributed by atoms with Crippen LogP contribution in [0.5, 0.6) is 5.75 Å². The van der Waals surface area contributed by atoms with Gasteiger partial charge in [0.2, 0.25) is 11.6 Å². The lowest BCUT2D eigenvalue weighted by atomic mass is 10.2. The third kappa shape index (κ3) is 4.79. The van der Waals surface area contributed by atoms with Crippen LogP contribution in [0.25, 0.3) is 0 Å². The summed E-state index contributed by atoms with van der Waals surface area (Å²) in [6.45, 7) is 0.328. The SMILES string of the molecule is COC(=O)c1ccc(Nc2ncnc(NCc3ccc(OC)cc3)c2[N+](=O)[O-])cc1. The zero-order valence-electron chi connectivity index (χ0n) is 16.3. The topological polar surface area (TPSA) is 129 Å². The van der Waals surface area contributed by atoms with Gasteiger partial charge in [-0.3, -0.25) is 10.1 Å². The molecule has 0 radical (unpaired) electrons. The van der Waals surface area contributed by atoms with Gasteiger partial charge in [0.05, 0.1) is 24.7 Å². The van der Waals surface area contributed by atoms with Gasteiger partial charge in [-0.1, -0.05) is 12.1 Å². The van der Waals surface area contributed by atoms with Crippen molar-refractivity contribution in [2.45, 2.75) is 6.54 Å². The quantitative estimate of drug-likeness (QED) is 0.326. The minimum atomic E-state index is -0.554. The molecule has 2 aromatic carbocycles. The molecule has 0 amide bonds. The average molecular weight is 409 g/mol. The first-order chi connectivity index (χ1) is 14.5. The Morgan fingerprint density at radius 3 is 2.30 bits per heavy atom. The summed E-state index contributed by atoms with van der Waals surface area (Å²) in [5.41, 5.74) is 1.49. The van der Waals surface area contributed by atoms with Gasteiger partial charge in [0.15, 0.2) is 0 Å². The predicted molar refractivity (Wildman–Crippen MR) is 110 cm³/mol. The molecule has 1 heterocycles. The molecule has 0 bridgehead atoms. The predicted octanol–water partition coefficient (Wildman–Crippen LogP) is 3.54. The van der Waals surface area contributed by atoms with Gasteiger partial charge in [-0.2, -0.15) is 0 Å². The standard InChI is InChI=1S/C20H19N5O5/c1-29-16-9-3-13(4-10-16)11-21-18-17(25(27)28)19(23-12-22-18)24-15-7-5-14(6-8-15)20(26)30-2/h3-10,12H,11H2,1-2H3,(H2,21,22,23,24). The number of hydrogen-bond donors (Lipinski definition) is 2. The number of nitrogens with one attached hydrogen (secondary N) is 2. The third-order valence-electron chi connectivity index (χ3n) is 4.19. The van der Waals surface area contributed by atoms with Crippen LogP contribution in [0.1, 0.15) is 15.9 Å². The molecule has 10 heteroatoms. The highest BCUT2D eigenvalue weighted by Crippen LogP contribution is 2.31. The van der Waals surface area contributed by atoms with Gasteiger partial charge in [-0.25, -0.2) is 14.8 Å². The van der Waals surface area contributed by atoms with Crippen LogP contribution in [0.15, 0.2) is 54.9 Å². The minimum Gasteiger partial charge on any atom is -0.497 e. The maximum absolute atomic E-state index is 11.7. The molecule has 3 rings (SSSR count). The molecular weight excluding hydrogens is 390 g/mol. The lowest BCUT2D eigenvalue weighted by Crippen LogP contribution is -2.08. The fourth-order valence-electron chi connectivity index (χ4n) is 2.65. The highest BCUT2D eigenvalue weighted by molar-refractivity contribution is 5.89. The van der Waals surface area contributed by atoms with Crippen molar-refractivity contribution in [3.63, 3.8) is 0 Å². The van der Waals surface area contributed by atoms with Gasteiger partial charge in [0.1, 0.15) is 12.1 Å². The number of esters is 1. The number of methoxy groups -OCH3 is 2. The highest BCUT2D eigenvalue weighted by Gasteiger charge is 2.23. The molecule has 0 fully saturated rings. The van der Waals surface area contributed by atoms with E-state index in [1.165, 1.54) is 13.4 Å². The molecule has 0 aliphatic carbocycles. The number of nitrogens with zero attached hydrogens (tertiary/aromatic N) is 3. The molecule has 0 unspecified atom stereocenters. The second-order valence-corrected chi connectivity index (χ2v) is 6.07. The number of carbonyl (C=O) groups excluding carboxylic acids is 1. The van der Waals surface area contributed by atoms with E-state index in [1.54, 1.807) is 43.5 Å². The molecule has 0 atom stereocenters. The van der Waals surface area contributed by atoms with Crippen molar-refractivity contribution in [3.05, 3.63) is 76.1 Å². The Morgan fingerprint density at radius 1 is 1.03 bits per heavy atom. The maximum atomic E-state index is 11.7. The van der Waals surface area contributed by atoms with E-state index in [0.717, 1.165) is 11.3 Å². The van der Waals surface area contributed by atoms with Gasteiger partial charge >= 0.3 is 11.7 Å². The largest absolute Gasteiger partial charge is 0.497 e. The Bertz CT molecular complexity index is 1040. The Hall–Kier alpha value is -4.21. The lowest BCUT2D eigenvalue weighted by molar-refractivity contribution is -0.383. The van der Waals surface area contributed by atoms with Crippen LogP contribution in [0.2, 0.25) is 0 Å². The van der Waals surface area contributed by atoms with Crippen LogP contribution in [-0.4, -0.2) is 35.1 Å². The Labute approximate surface area is 172 Å². The molecule has 1 aromatic heterocycles. The van der Waals surface area contributed by atoms with Crippen molar-refractivity contribution in [2.75, 3.05) is 24.9 Å². The fraction of sp³-hybridized carbons (Fsp3) is 0.150. The van der Waals surface area contributed by atoms with E-state index in [0.29, 0.717) is 17.8 Å². The molecule has 10 nitrogen and oxygen atoms in total. The summed E-state index contributed by atoms with van der Waals surface area (Å²) in [6, 6.07) is 13.6.